The highest BCUT2D eigenvalue weighted by Gasteiger charge is 2.29. The highest BCUT2D eigenvalue weighted by Crippen LogP contribution is 2.35. The van der Waals surface area contributed by atoms with E-state index in [-0.39, 0.29) is 34.7 Å². The summed E-state index contributed by atoms with van der Waals surface area (Å²) in [5, 5.41) is 19.0. The lowest BCUT2D eigenvalue weighted by Crippen LogP contribution is -2.31. The Morgan fingerprint density at radius 2 is 1.76 bits per heavy atom. The molecule has 49 heavy (non-hydrogen) atoms. The largest absolute Gasteiger partial charge is 0.477 e. The smallest absolute Gasteiger partial charge is 0.341 e. The Bertz CT molecular complexity index is 2090. The summed E-state index contributed by atoms with van der Waals surface area (Å²) in [5.74, 6) is -5.35. The van der Waals surface area contributed by atoms with E-state index in [0.29, 0.717) is 18.4 Å². The predicted molar refractivity (Wildman–Crippen MR) is 174 cm³/mol. The zero-order valence-corrected chi connectivity index (χ0v) is 26.7. The van der Waals surface area contributed by atoms with Crippen molar-refractivity contribution in [2.45, 2.75) is 39.3 Å². The van der Waals surface area contributed by atoms with Gasteiger partial charge in [-0.15, -0.1) is 0 Å². The lowest BCUT2D eigenvalue weighted by Gasteiger charge is -2.16. The predicted octanol–water partition coefficient (Wildman–Crippen LogP) is 4.73. The number of carboxylic acids is 1. The monoisotopic (exact) mass is 670 g/mol. The molecule has 0 fully saturated rings. The van der Waals surface area contributed by atoms with Gasteiger partial charge in [0.25, 0.3) is 11.8 Å². The maximum Gasteiger partial charge on any atom is 0.341 e. The molecule has 5 aromatic rings. The summed E-state index contributed by atoms with van der Waals surface area (Å²) in [6.45, 7) is 3.63. The summed E-state index contributed by atoms with van der Waals surface area (Å²) in [7, 11) is 1.30. The zero-order chi connectivity index (χ0) is 35.4. The fourth-order valence-corrected chi connectivity index (χ4v) is 5.49. The molecule has 1 atom stereocenters. The van der Waals surface area contributed by atoms with Crippen molar-refractivity contribution in [3.63, 3.8) is 0 Å². The molecule has 1 aliphatic carbocycles. The Hall–Kier alpha value is -6.18. The minimum absolute atomic E-state index is 0.142. The van der Waals surface area contributed by atoms with Crippen LogP contribution in [0.15, 0.2) is 66.9 Å². The van der Waals surface area contributed by atoms with Crippen LogP contribution in [0.2, 0.25) is 0 Å². The van der Waals surface area contributed by atoms with Gasteiger partial charge in [0.15, 0.2) is 17.3 Å². The van der Waals surface area contributed by atoms with Crippen molar-refractivity contribution in [2.24, 2.45) is 0 Å². The third kappa shape index (κ3) is 7.22. The number of rotatable bonds is 7. The molecule has 3 aromatic carbocycles. The number of hydrogen-bond donors (Lipinski definition) is 4. The quantitative estimate of drug-likeness (QED) is 0.141. The van der Waals surface area contributed by atoms with Crippen LogP contribution in [0.5, 0.6) is 0 Å². The van der Waals surface area contributed by atoms with Gasteiger partial charge >= 0.3 is 11.9 Å². The number of amides is 2. The molecule has 0 unspecified atom stereocenters. The van der Waals surface area contributed by atoms with Crippen LogP contribution in [0.4, 0.5) is 14.5 Å². The maximum atomic E-state index is 13.6. The number of ether oxygens (including phenoxy) is 1. The van der Waals surface area contributed by atoms with Crippen LogP contribution in [0.1, 0.15) is 82.0 Å². The van der Waals surface area contributed by atoms with E-state index in [1.165, 1.54) is 19.2 Å². The van der Waals surface area contributed by atoms with Gasteiger partial charge in [-0.3, -0.25) is 9.59 Å². The van der Waals surface area contributed by atoms with Crippen molar-refractivity contribution in [1.29, 1.82) is 0 Å². The van der Waals surface area contributed by atoms with E-state index in [1.807, 2.05) is 38.1 Å². The van der Waals surface area contributed by atoms with Crippen LogP contribution >= 0.6 is 0 Å². The number of halogens is 2. The molecule has 0 spiro atoms. The number of carbonyl (C=O) groups is 4. The lowest BCUT2D eigenvalue weighted by molar-refractivity contribution is 0.0598. The summed E-state index contributed by atoms with van der Waals surface area (Å²) >= 11 is 0. The van der Waals surface area contributed by atoms with Gasteiger partial charge in [0.1, 0.15) is 17.0 Å². The zero-order valence-electron chi connectivity index (χ0n) is 26.7. The summed E-state index contributed by atoms with van der Waals surface area (Å²) in [6.07, 6.45) is 2.17. The van der Waals surface area contributed by atoms with Gasteiger partial charge in [0.05, 0.1) is 24.9 Å². The summed E-state index contributed by atoms with van der Waals surface area (Å²) < 4.78 is 32.7. The second-order valence-electron chi connectivity index (χ2n) is 11.3. The molecule has 12 nitrogen and oxygen atoms in total. The summed E-state index contributed by atoms with van der Waals surface area (Å²) in [5.41, 5.74) is 9.77. The average Bonchev–Trinajstić information content (AvgIpc) is 3.71. The first kappa shape index (κ1) is 34.2. The molecule has 2 amide bonds. The average molecular weight is 671 g/mol. The minimum Gasteiger partial charge on any atom is -0.477 e. The van der Waals surface area contributed by atoms with Gasteiger partial charge in [0, 0.05) is 18.3 Å². The first-order valence-corrected chi connectivity index (χ1v) is 15.1. The molecular weight excluding hydrogens is 638 g/mol. The normalized spacial score (nSPS) is 13.2. The molecule has 14 heteroatoms. The molecule has 2 aromatic heterocycles. The van der Waals surface area contributed by atoms with Crippen molar-refractivity contribution in [3.05, 3.63) is 129 Å². The van der Waals surface area contributed by atoms with Crippen molar-refractivity contribution in [1.82, 2.24) is 25.2 Å². The molecule has 0 aliphatic heterocycles. The number of aromatic nitrogens is 3. The molecule has 6 rings (SSSR count). The number of carboxylic acid groups (broad SMARTS) is 1. The van der Waals surface area contributed by atoms with Crippen molar-refractivity contribution in [3.8, 4) is 0 Å². The number of methoxy groups -OCH3 is 1. The van der Waals surface area contributed by atoms with E-state index in [4.69, 9.17) is 10.5 Å². The molecule has 252 valence electrons. The molecule has 2 heterocycles. The fraction of sp³-hybridized carbons (Fsp3) is 0.200. The second-order valence-corrected chi connectivity index (χ2v) is 11.3. The number of nitrogens with zero attached hydrogens (tertiary/aromatic N) is 3. The maximum absolute atomic E-state index is 13.6. The third-order valence-electron chi connectivity index (χ3n) is 8.20. The Morgan fingerprint density at radius 1 is 1.00 bits per heavy atom. The molecule has 1 aliphatic rings. The number of para-hydroxylation sites is 1. The second kappa shape index (κ2) is 14.3. The number of carbonyl (C=O) groups excluding carboxylic acids is 3. The Balaban J connectivity index is 0.000000514. The van der Waals surface area contributed by atoms with Crippen molar-refractivity contribution < 1.29 is 37.8 Å². The number of fused-ring (bicyclic) bond motifs is 2. The van der Waals surface area contributed by atoms with Crippen LogP contribution in [0.25, 0.3) is 5.65 Å². The highest BCUT2D eigenvalue weighted by atomic mass is 19.2. The van der Waals surface area contributed by atoms with E-state index in [9.17, 15) is 33.1 Å². The number of nitrogens with two attached hydrogens (primary N) is 1. The first-order valence-electron chi connectivity index (χ1n) is 15.1. The molecule has 0 radical (unpaired) electrons. The third-order valence-corrected chi connectivity index (χ3v) is 8.20. The molecule has 0 bridgehead atoms. The first-order chi connectivity index (χ1) is 23.4. The Morgan fingerprint density at radius 3 is 2.41 bits per heavy atom. The van der Waals surface area contributed by atoms with Crippen LogP contribution < -0.4 is 16.4 Å². The topological polar surface area (TPSA) is 178 Å². The molecule has 5 N–H and O–H groups in total. The number of nitrogens with one attached hydrogen (secondary N) is 2. The SMILES string of the molecule is COC(=O)c1ccc2c(c1C)CC[C@@H]2NC(=O)c1cc(C(=O)NCc2ccc(F)c(F)c2)nc2c(C(=O)O)cnn12.Cc1ccccc1N. The van der Waals surface area contributed by atoms with Gasteiger partial charge in [-0.1, -0.05) is 30.3 Å². The van der Waals surface area contributed by atoms with E-state index < -0.39 is 41.4 Å². The fourth-order valence-electron chi connectivity index (χ4n) is 5.49. The van der Waals surface area contributed by atoms with E-state index in [1.54, 1.807) is 12.1 Å². The lowest BCUT2D eigenvalue weighted by atomic mass is 9.98. The highest BCUT2D eigenvalue weighted by molar-refractivity contribution is 6.01. The number of hydrogen-bond acceptors (Lipinski definition) is 8. The van der Waals surface area contributed by atoms with E-state index in [2.05, 4.69) is 20.7 Å². The molecule has 0 saturated heterocycles. The van der Waals surface area contributed by atoms with Crippen LogP contribution in [0, 0.1) is 25.5 Å². The molecular formula is C35H32F2N6O6. The van der Waals surface area contributed by atoms with Crippen molar-refractivity contribution >= 4 is 35.1 Å². The van der Waals surface area contributed by atoms with Crippen molar-refractivity contribution in [2.75, 3.05) is 12.8 Å². The molecule has 0 saturated carbocycles. The van der Waals surface area contributed by atoms with Gasteiger partial charge in [-0.25, -0.2) is 27.9 Å². The number of esters is 1. The van der Waals surface area contributed by atoms with Crippen LogP contribution in [0.3, 0.4) is 0 Å². The number of aryl methyl sites for hydroxylation is 1. The van der Waals surface area contributed by atoms with E-state index >= 15 is 0 Å². The summed E-state index contributed by atoms with van der Waals surface area (Å²) in [4.78, 5) is 54.4. The summed E-state index contributed by atoms with van der Waals surface area (Å²) in [6, 6.07) is 15.1. The van der Waals surface area contributed by atoms with E-state index in [0.717, 1.165) is 50.8 Å². The van der Waals surface area contributed by atoms with Crippen LogP contribution in [-0.4, -0.2) is 50.6 Å². The number of aromatic carboxylic acids is 1. The van der Waals surface area contributed by atoms with Gasteiger partial charge in [-0.05, 0) is 78.8 Å². The van der Waals surface area contributed by atoms with Gasteiger partial charge < -0.3 is 26.2 Å². The Labute approximate surface area is 278 Å². The Kier molecular flexibility index (Phi) is 9.97. The number of nitrogen functional groups attached to an aromatic ring is 1. The number of anilines is 1. The minimum atomic E-state index is -1.36. The van der Waals surface area contributed by atoms with Gasteiger partial charge in [-0.2, -0.15) is 5.10 Å². The number of benzene rings is 3. The standard InChI is InChI=1S/C28H23F2N5O6.C7H9N/c1-13-15-6-8-21(17(15)5-4-16(13)28(40)41-2)34-26(37)23-10-22(33-24-18(27(38)39)12-32-35(23)24)25(36)31-11-14-3-7-19(29)20(30)9-14;1-6-4-2-3-5-7(6)8/h3-5,7,9-10,12,21H,6,8,11H2,1-2H3,(H,31,36)(H,34,37)(H,38,39);2-5H,8H2,1H3/t21-;/m0./s1. The van der Waals surface area contributed by atoms with Crippen LogP contribution in [-0.2, 0) is 17.7 Å². The van der Waals surface area contributed by atoms with Gasteiger partial charge in [0.2, 0.25) is 0 Å².